The topological polar surface area (TPSA) is 57.8 Å². The van der Waals surface area contributed by atoms with Crippen LogP contribution in [-0.4, -0.2) is 22.6 Å². The van der Waals surface area contributed by atoms with E-state index >= 15 is 0 Å². The number of halogens is 3. The van der Waals surface area contributed by atoms with Crippen LogP contribution >= 0.6 is 0 Å². The maximum atomic E-state index is 12.6. The Hall–Kier alpha value is -2.75. The van der Waals surface area contributed by atoms with Crippen LogP contribution in [0.15, 0.2) is 30.5 Å². The van der Waals surface area contributed by atoms with Crippen molar-refractivity contribution in [2.45, 2.75) is 25.4 Å². The van der Waals surface area contributed by atoms with Gasteiger partial charge in [-0.25, -0.2) is 0 Å². The molecule has 0 bridgehead atoms. The number of aromatic amines is 1. The van der Waals surface area contributed by atoms with Gasteiger partial charge in [-0.2, -0.15) is 18.3 Å². The number of H-pyrrole nitrogens is 1. The fourth-order valence-electron chi connectivity index (χ4n) is 2.84. The van der Waals surface area contributed by atoms with Gasteiger partial charge in [0.15, 0.2) is 0 Å². The number of alkyl halides is 3. The highest BCUT2D eigenvalue weighted by molar-refractivity contribution is 5.79. The number of rotatable bonds is 2. The number of carbonyl (C=O) groups is 1. The van der Waals surface area contributed by atoms with Crippen molar-refractivity contribution in [1.82, 2.24) is 15.5 Å². The van der Waals surface area contributed by atoms with Gasteiger partial charge in [0.25, 0.3) is 0 Å². The molecule has 0 aliphatic heterocycles. The molecule has 1 heterocycles. The number of nitrogens with one attached hydrogen (secondary N) is 2. The number of benzene rings is 1. The number of amides is 1. The Kier molecular flexibility index (Phi) is 4.79. The van der Waals surface area contributed by atoms with Gasteiger partial charge in [0, 0.05) is 17.2 Å². The molecule has 4 nitrogen and oxygen atoms in total. The molecule has 2 aromatic rings. The van der Waals surface area contributed by atoms with Gasteiger partial charge in [-0.1, -0.05) is 17.9 Å². The predicted molar refractivity (Wildman–Crippen MR) is 85.4 cm³/mol. The minimum atomic E-state index is -4.39. The lowest BCUT2D eigenvalue weighted by atomic mass is 9.87. The van der Waals surface area contributed by atoms with Gasteiger partial charge in [-0.05, 0) is 43.0 Å². The Bertz CT molecular complexity index is 830. The molecule has 0 radical (unpaired) electrons. The number of aromatic nitrogens is 2. The summed E-state index contributed by atoms with van der Waals surface area (Å²) in [4.78, 5) is 12.2. The maximum Gasteiger partial charge on any atom is 0.416 e. The van der Waals surface area contributed by atoms with Crippen molar-refractivity contribution in [1.29, 1.82) is 0 Å². The Labute approximate surface area is 142 Å². The fourth-order valence-corrected chi connectivity index (χ4v) is 2.84. The monoisotopic (exact) mass is 347 g/mol. The summed E-state index contributed by atoms with van der Waals surface area (Å²) in [5, 5.41) is 9.62. The summed E-state index contributed by atoms with van der Waals surface area (Å²) in [6, 6.07) is 4.82. The molecular formula is C18H16F3N3O. The van der Waals surface area contributed by atoms with Gasteiger partial charge in [0.1, 0.15) is 0 Å². The summed E-state index contributed by atoms with van der Waals surface area (Å²) in [5.41, 5.74) is 1.67. The fraction of sp³-hybridized carbons (Fsp3) is 0.333. The van der Waals surface area contributed by atoms with Crippen molar-refractivity contribution in [2.24, 2.45) is 5.92 Å². The standard InChI is InChI=1S/C18H16F3N3O/c19-18(20,21)15-5-1-3-12(9-15)4-2-8-22-17(25)13-6-7-16-14(10-13)11-23-24-16/h1,3,5,9,11,13H,6-8,10H2,(H,22,25)(H,23,24)/t13-/m0/s1. The van der Waals surface area contributed by atoms with Crippen molar-refractivity contribution in [2.75, 3.05) is 6.54 Å². The quantitative estimate of drug-likeness (QED) is 0.821. The minimum absolute atomic E-state index is 0.0924. The van der Waals surface area contributed by atoms with Crippen molar-refractivity contribution in [3.8, 4) is 11.8 Å². The number of fused-ring (bicyclic) bond motifs is 1. The molecule has 0 fully saturated rings. The molecule has 1 aliphatic carbocycles. The second-order valence-corrected chi connectivity index (χ2v) is 5.91. The molecule has 0 saturated heterocycles. The first-order valence-electron chi connectivity index (χ1n) is 7.88. The second kappa shape index (κ2) is 7.01. The molecule has 2 N–H and O–H groups in total. The molecule has 7 heteroatoms. The molecule has 1 amide bonds. The lowest BCUT2D eigenvalue weighted by Gasteiger charge is -2.20. The van der Waals surface area contributed by atoms with Crippen LogP contribution in [0.5, 0.6) is 0 Å². The van der Waals surface area contributed by atoms with Crippen LogP contribution in [0.2, 0.25) is 0 Å². The molecule has 0 unspecified atom stereocenters. The number of aryl methyl sites for hydroxylation is 1. The van der Waals surface area contributed by atoms with E-state index in [0.717, 1.165) is 36.2 Å². The van der Waals surface area contributed by atoms with E-state index in [9.17, 15) is 18.0 Å². The van der Waals surface area contributed by atoms with E-state index < -0.39 is 11.7 Å². The Morgan fingerprint density at radius 2 is 2.24 bits per heavy atom. The van der Waals surface area contributed by atoms with E-state index in [2.05, 4.69) is 27.4 Å². The summed E-state index contributed by atoms with van der Waals surface area (Å²) in [7, 11) is 0. The van der Waals surface area contributed by atoms with Crippen LogP contribution in [-0.2, 0) is 23.8 Å². The summed E-state index contributed by atoms with van der Waals surface area (Å²) < 4.78 is 37.9. The smallest absolute Gasteiger partial charge is 0.345 e. The minimum Gasteiger partial charge on any atom is -0.345 e. The van der Waals surface area contributed by atoms with Crippen LogP contribution < -0.4 is 5.32 Å². The second-order valence-electron chi connectivity index (χ2n) is 5.91. The number of hydrogen-bond acceptors (Lipinski definition) is 2. The van der Waals surface area contributed by atoms with Crippen molar-refractivity contribution in [3.05, 3.63) is 52.8 Å². The largest absolute Gasteiger partial charge is 0.416 e. The van der Waals surface area contributed by atoms with E-state index in [4.69, 9.17) is 0 Å². The van der Waals surface area contributed by atoms with E-state index in [1.165, 1.54) is 12.1 Å². The predicted octanol–water partition coefficient (Wildman–Crippen LogP) is 2.70. The summed E-state index contributed by atoms with van der Waals surface area (Å²) in [6.45, 7) is 0.101. The summed E-state index contributed by atoms with van der Waals surface area (Å²) >= 11 is 0. The van der Waals surface area contributed by atoms with E-state index in [1.807, 2.05) is 0 Å². The van der Waals surface area contributed by atoms with Crippen molar-refractivity contribution < 1.29 is 18.0 Å². The van der Waals surface area contributed by atoms with Crippen LogP contribution in [0.25, 0.3) is 0 Å². The molecule has 25 heavy (non-hydrogen) atoms. The van der Waals surface area contributed by atoms with Gasteiger partial charge in [0.2, 0.25) is 5.91 Å². The highest BCUT2D eigenvalue weighted by Crippen LogP contribution is 2.29. The van der Waals surface area contributed by atoms with Crippen LogP contribution in [0.4, 0.5) is 13.2 Å². The van der Waals surface area contributed by atoms with Crippen molar-refractivity contribution >= 4 is 5.91 Å². The molecule has 0 saturated carbocycles. The molecular weight excluding hydrogens is 331 g/mol. The first-order valence-corrected chi connectivity index (χ1v) is 7.88. The Morgan fingerprint density at radius 3 is 3.04 bits per heavy atom. The molecule has 3 rings (SSSR count). The van der Waals surface area contributed by atoms with Gasteiger partial charge in [-0.3, -0.25) is 9.89 Å². The number of hydrogen-bond donors (Lipinski definition) is 2. The van der Waals surface area contributed by atoms with Crippen LogP contribution in [0.1, 0.15) is 28.8 Å². The molecule has 0 spiro atoms. The zero-order valence-electron chi connectivity index (χ0n) is 13.3. The highest BCUT2D eigenvalue weighted by Gasteiger charge is 2.30. The van der Waals surface area contributed by atoms with Crippen LogP contribution in [0.3, 0.4) is 0 Å². The molecule has 130 valence electrons. The third kappa shape index (κ3) is 4.21. The van der Waals surface area contributed by atoms with Gasteiger partial charge < -0.3 is 5.32 Å². The zero-order chi connectivity index (χ0) is 17.9. The number of nitrogens with zero attached hydrogens (tertiary/aromatic N) is 1. The van der Waals surface area contributed by atoms with E-state index in [1.54, 1.807) is 6.20 Å². The normalized spacial score (nSPS) is 16.5. The third-order valence-electron chi connectivity index (χ3n) is 4.16. The Morgan fingerprint density at radius 1 is 1.40 bits per heavy atom. The lowest BCUT2D eigenvalue weighted by Crippen LogP contribution is -2.34. The molecule has 1 aromatic carbocycles. The first-order chi connectivity index (χ1) is 11.9. The first kappa shape index (κ1) is 17.1. The van der Waals surface area contributed by atoms with E-state index in [-0.39, 0.29) is 23.9 Å². The van der Waals surface area contributed by atoms with Crippen LogP contribution in [0, 0.1) is 17.8 Å². The summed E-state index contributed by atoms with van der Waals surface area (Å²) in [6.07, 6.45) is -0.495. The third-order valence-corrected chi connectivity index (χ3v) is 4.16. The van der Waals surface area contributed by atoms with Gasteiger partial charge in [0.05, 0.1) is 18.3 Å². The average Bonchev–Trinajstić information content (AvgIpc) is 3.05. The maximum absolute atomic E-state index is 12.6. The Balaban J connectivity index is 1.54. The number of carbonyl (C=O) groups excluding carboxylic acids is 1. The SMILES string of the molecule is O=C(NCC#Cc1cccc(C(F)(F)F)c1)[C@H]1CCc2[nH]ncc2C1. The van der Waals surface area contributed by atoms with Gasteiger partial charge >= 0.3 is 6.18 Å². The van der Waals surface area contributed by atoms with Gasteiger partial charge in [-0.15, -0.1) is 0 Å². The summed E-state index contributed by atoms with van der Waals surface area (Å²) in [5.74, 6) is 5.13. The molecule has 1 aromatic heterocycles. The highest BCUT2D eigenvalue weighted by atomic mass is 19.4. The van der Waals surface area contributed by atoms with Crippen molar-refractivity contribution in [3.63, 3.8) is 0 Å². The zero-order valence-corrected chi connectivity index (χ0v) is 13.3. The molecule has 1 aliphatic rings. The average molecular weight is 347 g/mol. The molecule has 1 atom stereocenters. The lowest BCUT2D eigenvalue weighted by molar-refractivity contribution is -0.137. The van der Waals surface area contributed by atoms with E-state index in [0.29, 0.717) is 6.42 Å².